The van der Waals surface area contributed by atoms with Gasteiger partial charge >= 0.3 is 0 Å². The van der Waals surface area contributed by atoms with Crippen molar-refractivity contribution < 1.29 is 0 Å². The number of pyridine rings is 1. The number of rotatable bonds is 6. The van der Waals surface area contributed by atoms with Gasteiger partial charge in [0.15, 0.2) is 5.65 Å². The predicted molar refractivity (Wildman–Crippen MR) is 106 cm³/mol. The van der Waals surface area contributed by atoms with Gasteiger partial charge in [0.05, 0.1) is 16.7 Å². The third kappa shape index (κ3) is 2.82. The second-order valence-electron chi connectivity index (χ2n) is 6.66. The summed E-state index contributed by atoms with van der Waals surface area (Å²) < 4.78 is 4.48. The lowest BCUT2D eigenvalue weighted by atomic mass is 10.2. The lowest BCUT2D eigenvalue weighted by molar-refractivity contribution is 0.804. The van der Waals surface area contributed by atoms with E-state index in [0.29, 0.717) is 6.54 Å². The summed E-state index contributed by atoms with van der Waals surface area (Å²) in [6.45, 7) is 6.47. The predicted octanol–water partition coefficient (Wildman–Crippen LogP) is 3.11. The van der Waals surface area contributed by atoms with Gasteiger partial charge in [-0.2, -0.15) is 0 Å². The molecule has 4 rings (SSSR count). The molecule has 0 radical (unpaired) electrons. The van der Waals surface area contributed by atoms with E-state index in [-0.39, 0.29) is 0 Å². The average Bonchev–Trinajstić information content (AvgIpc) is 3.17. The lowest BCUT2D eigenvalue weighted by Gasteiger charge is -2.12. The number of nitrogens with one attached hydrogen (secondary N) is 1. The molecule has 6 heteroatoms. The molecule has 0 aliphatic carbocycles. The van der Waals surface area contributed by atoms with Gasteiger partial charge in [-0.15, -0.1) is 10.2 Å². The molecule has 0 atom stereocenters. The highest BCUT2D eigenvalue weighted by Crippen LogP contribution is 2.28. The van der Waals surface area contributed by atoms with Crippen LogP contribution in [0.2, 0.25) is 0 Å². The summed E-state index contributed by atoms with van der Waals surface area (Å²) in [5, 5.41) is 12.2. The Bertz CT molecular complexity index is 1040. The first kappa shape index (κ1) is 16.6. The Morgan fingerprint density at radius 2 is 1.85 bits per heavy atom. The van der Waals surface area contributed by atoms with E-state index in [1.54, 1.807) is 0 Å². The van der Waals surface area contributed by atoms with Gasteiger partial charge in [0.1, 0.15) is 5.82 Å². The monoisotopic (exact) mass is 348 g/mol. The number of hydrogen-bond acceptors (Lipinski definition) is 4. The summed E-state index contributed by atoms with van der Waals surface area (Å²) in [7, 11) is 0. The van der Waals surface area contributed by atoms with Crippen molar-refractivity contribution in [2.24, 2.45) is 5.73 Å². The van der Waals surface area contributed by atoms with Crippen LogP contribution in [0.15, 0.2) is 42.5 Å². The van der Waals surface area contributed by atoms with Crippen LogP contribution in [0.25, 0.3) is 16.7 Å². The second kappa shape index (κ2) is 6.80. The zero-order valence-corrected chi connectivity index (χ0v) is 15.2. The Balaban J connectivity index is 1.88. The molecule has 0 spiro atoms. The van der Waals surface area contributed by atoms with Crippen LogP contribution in [0.4, 0.5) is 5.69 Å². The number of anilines is 1. The first-order valence-electron chi connectivity index (χ1n) is 9.01. The third-order valence-corrected chi connectivity index (χ3v) is 4.79. The van der Waals surface area contributed by atoms with Crippen molar-refractivity contribution in [3.8, 4) is 0 Å². The highest BCUT2D eigenvalue weighted by atomic mass is 15.3. The van der Waals surface area contributed by atoms with Crippen molar-refractivity contribution in [1.82, 2.24) is 19.2 Å². The fourth-order valence-corrected chi connectivity index (χ4v) is 3.47. The van der Waals surface area contributed by atoms with Crippen molar-refractivity contribution in [2.45, 2.75) is 26.8 Å². The van der Waals surface area contributed by atoms with Crippen LogP contribution in [0.1, 0.15) is 23.5 Å². The van der Waals surface area contributed by atoms with Crippen LogP contribution < -0.4 is 11.1 Å². The van der Waals surface area contributed by atoms with E-state index in [4.69, 9.17) is 5.73 Å². The quantitative estimate of drug-likeness (QED) is 0.525. The van der Waals surface area contributed by atoms with Gasteiger partial charge in [-0.1, -0.05) is 30.3 Å². The molecule has 4 aromatic rings. The van der Waals surface area contributed by atoms with Crippen LogP contribution in [-0.4, -0.2) is 32.3 Å². The molecular formula is C20H24N6. The minimum Gasteiger partial charge on any atom is -0.382 e. The van der Waals surface area contributed by atoms with Crippen molar-refractivity contribution in [3.05, 3.63) is 59.5 Å². The van der Waals surface area contributed by atoms with E-state index in [2.05, 4.69) is 67.8 Å². The number of benzene rings is 1. The number of hydrogen-bond donors (Lipinski definition) is 2. The summed E-state index contributed by atoms with van der Waals surface area (Å²) in [6.07, 6.45) is 0.918. The van der Waals surface area contributed by atoms with Crippen LogP contribution in [0.3, 0.4) is 0 Å². The summed E-state index contributed by atoms with van der Waals surface area (Å²) in [5.74, 6) is 0.893. The minimum absolute atomic E-state index is 0.667. The largest absolute Gasteiger partial charge is 0.382 e. The van der Waals surface area contributed by atoms with E-state index in [1.807, 2.05) is 13.0 Å². The molecule has 0 fully saturated rings. The van der Waals surface area contributed by atoms with Crippen LogP contribution >= 0.6 is 0 Å². The maximum atomic E-state index is 5.64. The van der Waals surface area contributed by atoms with Gasteiger partial charge in [-0.05, 0) is 44.5 Å². The van der Waals surface area contributed by atoms with Gasteiger partial charge in [0, 0.05) is 18.8 Å². The molecule has 3 N–H and O–H groups in total. The molecule has 0 amide bonds. The number of nitrogens with zero attached hydrogens (tertiary/aromatic N) is 4. The van der Waals surface area contributed by atoms with E-state index in [1.165, 1.54) is 16.8 Å². The van der Waals surface area contributed by atoms with Crippen molar-refractivity contribution in [2.75, 3.05) is 18.4 Å². The summed E-state index contributed by atoms with van der Waals surface area (Å²) >= 11 is 0. The minimum atomic E-state index is 0.667. The van der Waals surface area contributed by atoms with E-state index in [0.717, 1.165) is 42.2 Å². The lowest BCUT2D eigenvalue weighted by Crippen LogP contribution is -2.10. The second-order valence-corrected chi connectivity index (χ2v) is 6.66. The Morgan fingerprint density at radius 3 is 2.62 bits per heavy atom. The highest BCUT2D eigenvalue weighted by Gasteiger charge is 2.16. The van der Waals surface area contributed by atoms with Crippen LogP contribution in [0, 0.1) is 13.8 Å². The first-order valence-corrected chi connectivity index (χ1v) is 9.01. The van der Waals surface area contributed by atoms with Gasteiger partial charge in [-0.25, -0.2) is 0 Å². The average molecular weight is 348 g/mol. The van der Waals surface area contributed by atoms with Gasteiger partial charge in [0.2, 0.25) is 0 Å². The number of aryl methyl sites for hydroxylation is 2. The summed E-state index contributed by atoms with van der Waals surface area (Å²) in [4.78, 5) is 0. The Labute approximate surface area is 152 Å². The molecule has 1 aromatic carbocycles. The fourth-order valence-electron chi connectivity index (χ4n) is 3.47. The molecular weight excluding hydrogens is 324 g/mol. The third-order valence-electron chi connectivity index (χ3n) is 4.79. The van der Waals surface area contributed by atoms with Crippen LogP contribution in [-0.2, 0) is 6.54 Å². The number of aromatic nitrogens is 4. The zero-order chi connectivity index (χ0) is 18.1. The standard InChI is InChI=1S/C20H24N6/c1-14-11-19-18(25(14)13-16-7-4-3-5-8-16)12-17(22-10-6-9-21)20-24-23-15(2)26(19)20/h3-5,7-8,11-12,22H,6,9-10,13,21H2,1-2H3. The first-order chi connectivity index (χ1) is 12.7. The topological polar surface area (TPSA) is 73.2 Å². The maximum absolute atomic E-state index is 5.64. The molecule has 0 saturated heterocycles. The van der Waals surface area contributed by atoms with E-state index in [9.17, 15) is 0 Å². The van der Waals surface area contributed by atoms with E-state index >= 15 is 0 Å². The van der Waals surface area contributed by atoms with Crippen molar-refractivity contribution in [3.63, 3.8) is 0 Å². The molecule has 26 heavy (non-hydrogen) atoms. The van der Waals surface area contributed by atoms with E-state index < -0.39 is 0 Å². The normalized spacial score (nSPS) is 11.5. The smallest absolute Gasteiger partial charge is 0.184 e. The molecule has 3 heterocycles. The molecule has 3 aromatic heterocycles. The van der Waals surface area contributed by atoms with Crippen molar-refractivity contribution in [1.29, 1.82) is 0 Å². The Morgan fingerprint density at radius 1 is 1.04 bits per heavy atom. The number of fused-ring (bicyclic) bond motifs is 3. The summed E-state index contributed by atoms with van der Waals surface area (Å²) in [5.41, 5.74) is 12.3. The molecule has 134 valence electrons. The SMILES string of the molecule is Cc1cc2c(cc(NCCCN)c3nnc(C)n32)n1Cc1ccccc1. The molecule has 0 saturated carbocycles. The van der Waals surface area contributed by atoms with Crippen LogP contribution in [0.5, 0.6) is 0 Å². The van der Waals surface area contributed by atoms with Gasteiger partial charge in [0.25, 0.3) is 0 Å². The number of nitrogens with two attached hydrogens (primary N) is 1. The fraction of sp³-hybridized carbons (Fsp3) is 0.300. The molecule has 0 aliphatic rings. The highest BCUT2D eigenvalue weighted by molar-refractivity contribution is 5.88. The zero-order valence-electron chi connectivity index (χ0n) is 15.2. The molecule has 0 bridgehead atoms. The maximum Gasteiger partial charge on any atom is 0.184 e. The van der Waals surface area contributed by atoms with Crippen molar-refractivity contribution >= 4 is 22.4 Å². The van der Waals surface area contributed by atoms with Gasteiger partial charge < -0.3 is 15.6 Å². The molecule has 0 aliphatic heterocycles. The van der Waals surface area contributed by atoms with Gasteiger partial charge in [-0.3, -0.25) is 4.40 Å². The Kier molecular flexibility index (Phi) is 4.34. The molecule has 6 nitrogen and oxygen atoms in total. The summed E-state index contributed by atoms with van der Waals surface area (Å²) in [6, 6.07) is 14.9. The Hall–Kier alpha value is -2.86. The molecule has 0 unspecified atom stereocenters.